The van der Waals surface area contributed by atoms with Gasteiger partial charge in [-0.25, -0.2) is 4.79 Å². The highest BCUT2D eigenvalue weighted by Gasteiger charge is 2.21. The van der Waals surface area contributed by atoms with E-state index in [1.165, 1.54) is 5.56 Å². The molecule has 0 aliphatic rings. The van der Waals surface area contributed by atoms with Gasteiger partial charge in [0.15, 0.2) is 0 Å². The van der Waals surface area contributed by atoms with E-state index in [0.29, 0.717) is 18.4 Å². The van der Waals surface area contributed by atoms with Gasteiger partial charge in [0.25, 0.3) is 0 Å². The number of aryl methyl sites for hydroxylation is 1. The van der Waals surface area contributed by atoms with Crippen molar-refractivity contribution in [2.24, 2.45) is 0 Å². The molecule has 0 aliphatic carbocycles. The Morgan fingerprint density at radius 2 is 1.30 bits per heavy atom. The highest BCUT2D eigenvalue weighted by molar-refractivity contribution is 6.02. The summed E-state index contributed by atoms with van der Waals surface area (Å²) in [6.07, 6.45) is 0. The third kappa shape index (κ3) is 5.95. The second kappa shape index (κ2) is 10.6. The second-order valence-electron chi connectivity index (χ2n) is 9.53. The molecular formula is C29H37N3O. The summed E-state index contributed by atoms with van der Waals surface area (Å²) in [6, 6.07) is 22.7. The molecule has 0 atom stereocenters. The summed E-state index contributed by atoms with van der Waals surface area (Å²) < 4.78 is 0. The maximum atomic E-state index is 13.7. The molecule has 0 radical (unpaired) electrons. The minimum Gasteiger partial charge on any atom is -0.378 e. The van der Waals surface area contributed by atoms with Crippen molar-refractivity contribution in [1.29, 1.82) is 0 Å². The van der Waals surface area contributed by atoms with Crippen LogP contribution in [0.3, 0.4) is 0 Å². The molecule has 0 heterocycles. The van der Waals surface area contributed by atoms with Crippen molar-refractivity contribution in [2.75, 3.05) is 29.2 Å². The second-order valence-corrected chi connectivity index (χ2v) is 9.53. The summed E-state index contributed by atoms with van der Waals surface area (Å²) in [5.41, 5.74) is 7.52. The van der Waals surface area contributed by atoms with E-state index in [9.17, 15) is 4.79 Å². The smallest absolute Gasteiger partial charge is 0.326 e. The van der Waals surface area contributed by atoms with E-state index in [1.54, 1.807) is 0 Å². The van der Waals surface area contributed by atoms with E-state index in [2.05, 4.69) is 87.3 Å². The van der Waals surface area contributed by atoms with Gasteiger partial charge < -0.3 is 10.2 Å². The fourth-order valence-electron chi connectivity index (χ4n) is 3.96. The van der Waals surface area contributed by atoms with Gasteiger partial charge >= 0.3 is 6.03 Å². The first-order chi connectivity index (χ1) is 15.7. The molecule has 3 aromatic carbocycles. The van der Waals surface area contributed by atoms with Crippen molar-refractivity contribution in [2.45, 2.75) is 53.0 Å². The molecule has 0 unspecified atom stereocenters. The summed E-state index contributed by atoms with van der Waals surface area (Å²) in [5, 5.41) is 3.28. The van der Waals surface area contributed by atoms with Crippen LogP contribution < -0.4 is 15.1 Å². The monoisotopic (exact) mass is 443 g/mol. The summed E-state index contributed by atoms with van der Waals surface area (Å²) in [6.45, 7) is 11.2. The number of hydrogen-bond acceptors (Lipinski definition) is 2. The van der Waals surface area contributed by atoms with Crippen LogP contribution in [0.4, 0.5) is 21.9 Å². The third-order valence-electron chi connectivity index (χ3n) is 5.99. The molecule has 0 aliphatic heterocycles. The Balaban J connectivity index is 1.97. The Hall–Kier alpha value is -3.27. The summed E-state index contributed by atoms with van der Waals surface area (Å²) >= 11 is 0. The highest BCUT2D eigenvalue weighted by atomic mass is 16.2. The number of hydrogen-bond donors (Lipinski definition) is 1. The van der Waals surface area contributed by atoms with E-state index in [4.69, 9.17) is 0 Å². The maximum absolute atomic E-state index is 13.7. The van der Waals surface area contributed by atoms with Gasteiger partial charge in [-0.05, 0) is 59.7 Å². The number of rotatable bonds is 7. The lowest BCUT2D eigenvalue weighted by molar-refractivity contribution is 0.256. The standard InChI is InChI=1S/C29H37N3O/c1-20(2)26-9-8-10-27(21(3)4)28(26)30-29(33)32(25-15-11-22(5)12-16-25)19-23-13-17-24(18-14-23)31(6)7/h8-18,20-21H,19H2,1-7H3,(H,30,33). The number of carbonyl (C=O) groups excluding carboxylic acids is 1. The fourth-order valence-corrected chi connectivity index (χ4v) is 3.96. The lowest BCUT2D eigenvalue weighted by Gasteiger charge is -2.27. The summed E-state index contributed by atoms with van der Waals surface area (Å²) in [7, 11) is 4.05. The number of nitrogens with one attached hydrogen (secondary N) is 1. The van der Waals surface area contributed by atoms with Crippen molar-refractivity contribution in [3.8, 4) is 0 Å². The van der Waals surface area contributed by atoms with Gasteiger partial charge in [0.2, 0.25) is 0 Å². The zero-order valence-electron chi connectivity index (χ0n) is 21.0. The molecule has 4 heteroatoms. The van der Waals surface area contributed by atoms with Gasteiger partial charge in [-0.15, -0.1) is 0 Å². The Kier molecular flexibility index (Phi) is 7.80. The quantitative estimate of drug-likeness (QED) is 0.409. The van der Waals surface area contributed by atoms with Gasteiger partial charge in [-0.3, -0.25) is 4.90 Å². The van der Waals surface area contributed by atoms with Crippen LogP contribution in [0.5, 0.6) is 0 Å². The van der Waals surface area contributed by atoms with Crippen LogP contribution in [0.2, 0.25) is 0 Å². The number of nitrogens with zero attached hydrogens (tertiary/aromatic N) is 2. The molecule has 0 bridgehead atoms. The van der Waals surface area contributed by atoms with E-state index < -0.39 is 0 Å². The number of urea groups is 1. The van der Waals surface area contributed by atoms with Crippen LogP contribution in [-0.4, -0.2) is 20.1 Å². The molecule has 4 nitrogen and oxygen atoms in total. The van der Waals surface area contributed by atoms with E-state index in [-0.39, 0.29) is 6.03 Å². The SMILES string of the molecule is Cc1ccc(N(Cc2ccc(N(C)C)cc2)C(=O)Nc2c(C(C)C)cccc2C(C)C)cc1. The molecule has 3 rings (SSSR count). The molecule has 0 saturated heterocycles. The fraction of sp³-hybridized carbons (Fsp3) is 0.345. The van der Waals surface area contributed by atoms with Crippen LogP contribution in [0, 0.1) is 6.92 Å². The van der Waals surface area contributed by atoms with Crippen LogP contribution in [-0.2, 0) is 6.54 Å². The Bertz CT molecular complexity index is 1040. The van der Waals surface area contributed by atoms with Gasteiger partial charge in [0, 0.05) is 31.2 Å². The summed E-state index contributed by atoms with van der Waals surface area (Å²) in [4.78, 5) is 17.6. The molecule has 0 spiro atoms. The molecule has 1 N–H and O–H groups in total. The number of anilines is 3. The average molecular weight is 444 g/mol. The predicted octanol–water partition coefficient (Wildman–Crippen LogP) is 7.55. The lowest BCUT2D eigenvalue weighted by Crippen LogP contribution is -2.35. The Morgan fingerprint density at radius 3 is 1.79 bits per heavy atom. The molecule has 0 fully saturated rings. The van der Waals surface area contributed by atoms with Gasteiger partial charge in [0.1, 0.15) is 0 Å². The van der Waals surface area contributed by atoms with Crippen LogP contribution in [0.25, 0.3) is 0 Å². The normalized spacial score (nSPS) is 11.1. The third-order valence-corrected chi connectivity index (χ3v) is 5.99. The van der Waals surface area contributed by atoms with Crippen molar-refractivity contribution in [3.63, 3.8) is 0 Å². The Morgan fingerprint density at radius 1 is 0.788 bits per heavy atom. The van der Waals surface area contributed by atoms with Crippen LogP contribution in [0.15, 0.2) is 66.7 Å². The van der Waals surface area contributed by atoms with Crippen LogP contribution in [0.1, 0.15) is 61.8 Å². The minimum atomic E-state index is -0.120. The Labute approximate surface area is 199 Å². The molecule has 3 aromatic rings. The van der Waals surface area contributed by atoms with Crippen molar-refractivity contribution >= 4 is 23.1 Å². The molecular weight excluding hydrogens is 406 g/mol. The number of para-hydroxylation sites is 1. The molecule has 2 amide bonds. The van der Waals surface area contributed by atoms with Crippen molar-refractivity contribution in [1.82, 2.24) is 0 Å². The molecule has 0 aromatic heterocycles. The van der Waals surface area contributed by atoms with Gasteiger partial charge in [-0.2, -0.15) is 0 Å². The molecule has 33 heavy (non-hydrogen) atoms. The van der Waals surface area contributed by atoms with Crippen molar-refractivity contribution in [3.05, 3.63) is 89.0 Å². The lowest BCUT2D eigenvalue weighted by atomic mass is 9.93. The van der Waals surface area contributed by atoms with E-state index >= 15 is 0 Å². The zero-order valence-corrected chi connectivity index (χ0v) is 21.0. The first-order valence-electron chi connectivity index (χ1n) is 11.7. The first-order valence-corrected chi connectivity index (χ1v) is 11.7. The molecule has 174 valence electrons. The average Bonchev–Trinajstić information content (AvgIpc) is 2.78. The van der Waals surface area contributed by atoms with E-state index in [1.807, 2.05) is 43.3 Å². The number of carbonyl (C=O) groups is 1. The first kappa shape index (κ1) is 24.4. The summed E-state index contributed by atoms with van der Waals surface area (Å²) in [5.74, 6) is 0.621. The van der Waals surface area contributed by atoms with Gasteiger partial charge in [-0.1, -0.05) is 75.7 Å². The number of benzene rings is 3. The topological polar surface area (TPSA) is 35.6 Å². The van der Waals surface area contributed by atoms with E-state index in [0.717, 1.165) is 33.8 Å². The number of amides is 2. The highest BCUT2D eigenvalue weighted by Crippen LogP contribution is 2.33. The maximum Gasteiger partial charge on any atom is 0.326 e. The predicted molar refractivity (Wildman–Crippen MR) is 142 cm³/mol. The molecule has 0 saturated carbocycles. The van der Waals surface area contributed by atoms with Gasteiger partial charge in [0.05, 0.1) is 6.54 Å². The largest absolute Gasteiger partial charge is 0.378 e. The van der Waals surface area contributed by atoms with Crippen LogP contribution >= 0.6 is 0 Å². The van der Waals surface area contributed by atoms with Crippen molar-refractivity contribution < 1.29 is 4.79 Å². The minimum absolute atomic E-state index is 0.120. The zero-order chi connectivity index (χ0) is 24.1.